The van der Waals surface area contributed by atoms with Gasteiger partial charge in [-0.25, -0.2) is 0 Å². The summed E-state index contributed by atoms with van der Waals surface area (Å²) < 4.78 is 10.7. The number of methoxy groups -OCH3 is 2. The molecule has 0 fully saturated rings. The molecule has 0 aromatic heterocycles. The van der Waals surface area contributed by atoms with Gasteiger partial charge in [-0.3, -0.25) is 9.59 Å². The second-order valence-electron chi connectivity index (χ2n) is 8.69. The summed E-state index contributed by atoms with van der Waals surface area (Å²) in [6, 6.07) is 24.8. The van der Waals surface area contributed by atoms with Crippen LogP contribution in [-0.4, -0.2) is 43.5 Å². The smallest absolute Gasteiger partial charge is 0.243 e. The van der Waals surface area contributed by atoms with Gasteiger partial charge in [0.15, 0.2) is 11.5 Å². The summed E-state index contributed by atoms with van der Waals surface area (Å²) in [6.45, 7) is 2.81. The summed E-state index contributed by atoms with van der Waals surface area (Å²) in [4.78, 5) is 28.5. The number of hydrogen-bond acceptors (Lipinski definition) is 4. The minimum absolute atomic E-state index is 0.0164. The van der Waals surface area contributed by atoms with Crippen molar-refractivity contribution in [1.29, 1.82) is 0 Å². The van der Waals surface area contributed by atoms with E-state index in [-0.39, 0.29) is 11.8 Å². The molecule has 1 N–H and O–H groups in total. The first-order valence-electron chi connectivity index (χ1n) is 12.4. The number of hydrogen-bond donors (Lipinski definition) is 1. The molecule has 6 heteroatoms. The maximum absolute atomic E-state index is 13.6. The number of carbonyl (C=O) groups excluding carboxylic acids is 2. The molecule has 3 aromatic rings. The molecule has 2 amide bonds. The van der Waals surface area contributed by atoms with Crippen LogP contribution >= 0.6 is 0 Å². The zero-order valence-electron chi connectivity index (χ0n) is 21.4. The minimum atomic E-state index is -0.614. The van der Waals surface area contributed by atoms with Crippen LogP contribution in [0.5, 0.6) is 11.5 Å². The zero-order valence-corrected chi connectivity index (χ0v) is 21.4. The van der Waals surface area contributed by atoms with E-state index in [0.29, 0.717) is 43.9 Å². The van der Waals surface area contributed by atoms with Crippen molar-refractivity contribution in [3.63, 3.8) is 0 Å². The second-order valence-corrected chi connectivity index (χ2v) is 8.69. The Labute approximate surface area is 214 Å². The number of nitrogens with zero attached hydrogens (tertiary/aromatic N) is 1. The Hall–Kier alpha value is -3.80. The third kappa shape index (κ3) is 7.60. The molecule has 0 aliphatic carbocycles. The van der Waals surface area contributed by atoms with Crippen LogP contribution < -0.4 is 14.8 Å². The second kappa shape index (κ2) is 13.9. The van der Waals surface area contributed by atoms with Crippen molar-refractivity contribution >= 4 is 11.8 Å². The fourth-order valence-corrected chi connectivity index (χ4v) is 4.18. The number of rotatable bonds is 13. The molecule has 3 rings (SSSR count). The molecule has 0 saturated carbocycles. The summed E-state index contributed by atoms with van der Waals surface area (Å²) in [5, 5.41) is 3.08. The third-order valence-corrected chi connectivity index (χ3v) is 6.09. The van der Waals surface area contributed by atoms with E-state index in [0.717, 1.165) is 23.1 Å². The summed E-state index contributed by atoms with van der Waals surface area (Å²) in [5.41, 5.74) is 3.04. The molecule has 0 unspecified atom stereocenters. The lowest BCUT2D eigenvalue weighted by molar-refractivity contribution is -0.141. The van der Waals surface area contributed by atoms with Gasteiger partial charge < -0.3 is 19.7 Å². The molecule has 36 heavy (non-hydrogen) atoms. The Morgan fingerprint density at radius 2 is 1.47 bits per heavy atom. The molecule has 3 aromatic carbocycles. The Morgan fingerprint density at radius 1 is 0.833 bits per heavy atom. The average Bonchev–Trinajstić information content (AvgIpc) is 2.91. The average molecular weight is 489 g/mol. The number of benzene rings is 3. The molecule has 0 aliphatic heterocycles. The Kier molecular flexibility index (Phi) is 10.4. The van der Waals surface area contributed by atoms with Crippen LogP contribution in [-0.2, 0) is 29.0 Å². The summed E-state index contributed by atoms with van der Waals surface area (Å²) in [7, 11) is 3.21. The van der Waals surface area contributed by atoms with E-state index < -0.39 is 6.04 Å². The highest BCUT2D eigenvalue weighted by Gasteiger charge is 2.29. The van der Waals surface area contributed by atoms with Gasteiger partial charge in [0.1, 0.15) is 6.04 Å². The highest BCUT2D eigenvalue weighted by molar-refractivity contribution is 5.88. The standard InChI is InChI=1S/C30H36N2O4/c1-4-11-29(33)32(22-25-14-9-6-10-15-25)26(20-23-12-7-5-8-13-23)30(34)31-19-18-24-16-17-27(35-2)28(21-24)36-3/h5-10,12-17,21,26H,4,11,18-20,22H2,1-3H3,(H,31,34)/t26-/m0/s1. The predicted molar refractivity (Wildman–Crippen MR) is 142 cm³/mol. The van der Waals surface area contributed by atoms with Gasteiger partial charge in [0.2, 0.25) is 11.8 Å². The van der Waals surface area contributed by atoms with E-state index in [9.17, 15) is 9.59 Å². The molecule has 0 bridgehead atoms. The van der Waals surface area contributed by atoms with Crippen molar-refractivity contribution in [1.82, 2.24) is 10.2 Å². The Bertz CT molecular complexity index is 1100. The van der Waals surface area contributed by atoms with Gasteiger partial charge in [-0.1, -0.05) is 73.7 Å². The quantitative estimate of drug-likeness (QED) is 0.375. The first-order valence-corrected chi connectivity index (χ1v) is 12.4. The maximum Gasteiger partial charge on any atom is 0.243 e. The van der Waals surface area contributed by atoms with Gasteiger partial charge in [-0.15, -0.1) is 0 Å². The highest BCUT2D eigenvalue weighted by Crippen LogP contribution is 2.27. The molecule has 0 saturated heterocycles. The van der Waals surface area contributed by atoms with Gasteiger partial charge in [0, 0.05) is 25.9 Å². The molecule has 0 radical (unpaired) electrons. The molecule has 6 nitrogen and oxygen atoms in total. The van der Waals surface area contributed by atoms with E-state index in [1.54, 1.807) is 19.1 Å². The van der Waals surface area contributed by atoms with E-state index in [1.165, 1.54) is 0 Å². The predicted octanol–water partition coefficient (Wildman–Crippen LogP) is 4.80. The Balaban J connectivity index is 1.78. The van der Waals surface area contributed by atoms with Crippen molar-refractivity contribution in [3.8, 4) is 11.5 Å². The first-order chi connectivity index (χ1) is 17.5. The van der Waals surface area contributed by atoms with Crippen molar-refractivity contribution in [3.05, 3.63) is 95.6 Å². The summed E-state index contributed by atoms with van der Waals surface area (Å²) >= 11 is 0. The van der Waals surface area contributed by atoms with Crippen molar-refractivity contribution in [2.24, 2.45) is 0 Å². The van der Waals surface area contributed by atoms with E-state index in [4.69, 9.17) is 9.47 Å². The lowest BCUT2D eigenvalue weighted by atomic mass is 10.0. The van der Waals surface area contributed by atoms with Crippen LogP contribution in [0.1, 0.15) is 36.5 Å². The molecular formula is C30H36N2O4. The maximum atomic E-state index is 13.6. The number of ether oxygens (including phenoxy) is 2. The Morgan fingerprint density at radius 3 is 2.08 bits per heavy atom. The fourth-order valence-electron chi connectivity index (χ4n) is 4.18. The highest BCUT2D eigenvalue weighted by atomic mass is 16.5. The first kappa shape index (κ1) is 26.8. The monoisotopic (exact) mass is 488 g/mol. The number of carbonyl (C=O) groups is 2. The van der Waals surface area contributed by atoms with Crippen molar-refractivity contribution < 1.29 is 19.1 Å². The molecule has 190 valence electrons. The molecule has 0 aliphatic rings. The van der Waals surface area contributed by atoms with E-state index in [2.05, 4.69) is 5.32 Å². The van der Waals surface area contributed by atoms with Gasteiger partial charge in [-0.05, 0) is 41.7 Å². The van der Waals surface area contributed by atoms with Gasteiger partial charge >= 0.3 is 0 Å². The summed E-state index contributed by atoms with van der Waals surface area (Å²) in [6.07, 6.45) is 2.21. The molecule has 1 atom stereocenters. The van der Waals surface area contributed by atoms with Crippen LogP contribution in [0.4, 0.5) is 0 Å². The van der Waals surface area contributed by atoms with Gasteiger partial charge in [0.25, 0.3) is 0 Å². The lowest BCUT2D eigenvalue weighted by Gasteiger charge is -2.31. The fraction of sp³-hybridized carbons (Fsp3) is 0.333. The SMILES string of the molecule is CCCC(=O)N(Cc1ccccc1)[C@@H](Cc1ccccc1)C(=O)NCCc1ccc(OC)c(OC)c1. The normalized spacial score (nSPS) is 11.4. The number of amides is 2. The lowest BCUT2D eigenvalue weighted by Crippen LogP contribution is -2.50. The van der Waals surface area contributed by atoms with Crippen molar-refractivity contribution in [2.75, 3.05) is 20.8 Å². The van der Waals surface area contributed by atoms with E-state index in [1.807, 2.05) is 85.8 Å². The largest absolute Gasteiger partial charge is 0.493 e. The minimum Gasteiger partial charge on any atom is -0.493 e. The van der Waals surface area contributed by atoms with E-state index >= 15 is 0 Å². The van der Waals surface area contributed by atoms with Crippen LogP contribution in [0.15, 0.2) is 78.9 Å². The van der Waals surface area contributed by atoms with Crippen LogP contribution in [0.2, 0.25) is 0 Å². The molecule has 0 spiro atoms. The van der Waals surface area contributed by atoms with Crippen LogP contribution in [0, 0.1) is 0 Å². The van der Waals surface area contributed by atoms with Crippen LogP contribution in [0.25, 0.3) is 0 Å². The van der Waals surface area contributed by atoms with Gasteiger partial charge in [0.05, 0.1) is 14.2 Å². The topological polar surface area (TPSA) is 67.9 Å². The molecule has 0 heterocycles. The number of nitrogens with one attached hydrogen (secondary N) is 1. The zero-order chi connectivity index (χ0) is 25.8. The van der Waals surface area contributed by atoms with Crippen molar-refractivity contribution in [2.45, 2.75) is 45.2 Å². The van der Waals surface area contributed by atoms with Crippen LogP contribution in [0.3, 0.4) is 0 Å². The van der Waals surface area contributed by atoms with Gasteiger partial charge in [-0.2, -0.15) is 0 Å². The molecular weight excluding hydrogens is 452 g/mol. The summed E-state index contributed by atoms with van der Waals surface area (Å²) in [5.74, 6) is 1.15. The third-order valence-electron chi connectivity index (χ3n) is 6.09.